The zero-order valence-electron chi connectivity index (χ0n) is 12.3. The molecule has 5 heteroatoms. The van der Waals surface area contributed by atoms with Crippen LogP contribution in [-0.4, -0.2) is 30.7 Å². The van der Waals surface area contributed by atoms with E-state index in [0.29, 0.717) is 13.0 Å². The van der Waals surface area contributed by atoms with Gasteiger partial charge in [-0.2, -0.15) is 0 Å². The summed E-state index contributed by atoms with van der Waals surface area (Å²) < 4.78 is 5.07. The van der Waals surface area contributed by atoms with Gasteiger partial charge in [0.1, 0.15) is 5.60 Å². The van der Waals surface area contributed by atoms with Gasteiger partial charge in [0.25, 0.3) is 0 Å². The summed E-state index contributed by atoms with van der Waals surface area (Å²) in [5.41, 5.74) is -0.505. The van der Waals surface area contributed by atoms with Gasteiger partial charge < -0.3 is 15.4 Å². The van der Waals surface area contributed by atoms with E-state index in [1.54, 1.807) is 20.8 Å². The molecular formula is C14H26N2O3. The molecule has 0 radical (unpaired) electrons. The second-order valence-corrected chi connectivity index (χ2v) is 6.11. The Morgan fingerprint density at radius 3 is 2.37 bits per heavy atom. The largest absolute Gasteiger partial charge is 0.444 e. The van der Waals surface area contributed by atoms with Gasteiger partial charge in [-0.25, -0.2) is 4.79 Å². The fourth-order valence-corrected chi connectivity index (χ4v) is 1.88. The summed E-state index contributed by atoms with van der Waals surface area (Å²) in [4.78, 5) is 22.8. The number of hydrogen-bond acceptors (Lipinski definition) is 3. The van der Waals surface area contributed by atoms with Crippen molar-refractivity contribution in [2.24, 2.45) is 5.92 Å². The average molecular weight is 270 g/mol. The number of carbonyl (C=O) groups is 2. The van der Waals surface area contributed by atoms with E-state index in [0.717, 1.165) is 18.9 Å². The fourth-order valence-electron chi connectivity index (χ4n) is 1.88. The molecule has 19 heavy (non-hydrogen) atoms. The third kappa shape index (κ3) is 7.70. The summed E-state index contributed by atoms with van der Waals surface area (Å²) in [6, 6.07) is 0. The number of nitrogens with one attached hydrogen (secondary N) is 2. The van der Waals surface area contributed by atoms with Crippen LogP contribution in [0.2, 0.25) is 0 Å². The molecule has 0 unspecified atom stereocenters. The third-order valence-corrected chi connectivity index (χ3v) is 3.12. The Hall–Kier alpha value is -1.26. The van der Waals surface area contributed by atoms with E-state index < -0.39 is 11.7 Å². The molecule has 110 valence electrons. The van der Waals surface area contributed by atoms with E-state index in [2.05, 4.69) is 10.6 Å². The molecule has 0 spiro atoms. The Labute approximate surface area is 115 Å². The monoisotopic (exact) mass is 270 g/mol. The first-order valence-electron chi connectivity index (χ1n) is 7.10. The van der Waals surface area contributed by atoms with Crippen molar-refractivity contribution >= 4 is 12.0 Å². The van der Waals surface area contributed by atoms with E-state index in [1.807, 2.05) is 0 Å². The van der Waals surface area contributed by atoms with Crippen LogP contribution in [0.25, 0.3) is 0 Å². The third-order valence-electron chi connectivity index (χ3n) is 3.12. The molecule has 1 fully saturated rings. The molecule has 0 aromatic heterocycles. The molecule has 5 nitrogen and oxygen atoms in total. The average Bonchev–Trinajstić information content (AvgIpc) is 2.19. The number of amides is 2. The molecule has 1 saturated carbocycles. The van der Waals surface area contributed by atoms with E-state index in [4.69, 9.17) is 4.74 Å². The van der Waals surface area contributed by atoms with E-state index in [9.17, 15) is 9.59 Å². The van der Waals surface area contributed by atoms with Crippen LogP contribution in [0.15, 0.2) is 0 Å². The van der Waals surface area contributed by atoms with Crippen LogP contribution in [0.5, 0.6) is 0 Å². The van der Waals surface area contributed by atoms with Gasteiger partial charge in [0.2, 0.25) is 5.91 Å². The Kier molecular flexibility index (Phi) is 6.12. The minimum Gasteiger partial charge on any atom is -0.444 e. The molecule has 0 aliphatic heterocycles. The Balaban J connectivity index is 1.98. The summed E-state index contributed by atoms with van der Waals surface area (Å²) in [5, 5.41) is 5.44. The first-order chi connectivity index (χ1) is 8.87. The van der Waals surface area contributed by atoms with Crippen LogP contribution >= 0.6 is 0 Å². The maximum Gasteiger partial charge on any atom is 0.407 e. The topological polar surface area (TPSA) is 67.4 Å². The number of ether oxygens (including phenoxy) is 1. The highest BCUT2D eigenvalue weighted by Gasteiger charge is 2.17. The lowest BCUT2D eigenvalue weighted by molar-refractivity contribution is -0.121. The first kappa shape index (κ1) is 15.8. The van der Waals surface area contributed by atoms with Crippen LogP contribution in [-0.2, 0) is 9.53 Å². The number of rotatable bonds is 6. The minimum atomic E-state index is -0.505. The number of hydrogen-bond donors (Lipinski definition) is 2. The van der Waals surface area contributed by atoms with Gasteiger partial charge in [0.15, 0.2) is 0 Å². The van der Waals surface area contributed by atoms with Crippen molar-refractivity contribution in [2.75, 3.05) is 13.1 Å². The maximum absolute atomic E-state index is 11.5. The van der Waals surface area contributed by atoms with Gasteiger partial charge in [-0.15, -0.1) is 0 Å². The lowest BCUT2D eigenvalue weighted by Crippen LogP contribution is -2.35. The van der Waals surface area contributed by atoms with Crippen molar-refractivity contribution in [3.63, 3.8) is 0 Å². The van der Waals surface area contributed by atoms with Crippen molar-refractivity contribution in [3.05, 3.63) is 0 Å². The van der Waals surface area contributed by atoms with E-state index in [-0.39, 0.29) is 5.91 Å². The van der Waals surface area contributed by atoms with Crippen molar-refractivity contribution in [1.82, 2.24) is 10.6 Å². The van der Waals surface area contributed by atoms with E-state index >= 15 is 0 Å². The van der Waals surface area contributed by atoms with E-state index in [1.165, 1.54) is 19.3 Å². The summed E-state index contributed by atoms with van der Waals surface area (Å²) >= 11 is 0. The smallest absolute Gasteiger partial charge is 0.407 e. The summed E-state index contributed by atoms with van der Waals surface area (Å²) in [6.45, 7) is 6.47. The highest BCUT2D eigenvalue weighted by molar-refractivity contribution is 5.76. The highest BCUT2D eigenvalue weighted by atomic mass is 16.6. The standard InChI is InChI=1S/C14H26N2O3/c1-14(2,3)19-13(18)16-10-8-12(17)15-9-7-11-5-4-6-11/h11H,4-10H2,1-3H3,(H,15,17)(H,16,18). The van der Waals surface area contributed by atoms with Gasteiger partial charge in [-0.05, 0) is 33.1 Å². The molecule has 1 rings (SSSR count). The lowest BCUT2D eigenvalue weighted by atomic mass is 9.83. The zero-order valence-corrected chi connectivity index (χ0v) is 12.3. The first-order valence-corrected chi connectivity index (χ1v) is 7.10. The van der Waals surface area contributed by atoms with Gasteiger partial charge in [0, 0.05) is 19.5 Å². The number of alkyl carbamates (subject to hydrolysis) is 1. The molecule has 0 atom stereocenters. The quantitative estimate of drug-likeness (QED) is 0.777. The maximum atomic E-state index is 11.5. The molecule has 0 saturated heterocycles. The zero-order chi connectivity index (χ0) is 14.3. The van der Waals surface area contributed by atoms with Crippen molar-refractivity contribution in [1.29, 1.82) is 0 Å². The predicted molar refractivity (Wildman–Crippen MR) is 73.8 cm³/mol. The molecule has 0 bridgehead atoms. The Morgan fingerprint density at radius 2 is 1.84 bits per heavy atom. The summed E-state index contributed by atoms with van der Waals surface area (Å²) in [6.07, 6.45) is 4.83. The lowest BCUT2D eigenvalue weighted by Gasteiger charge is -2.25. The molecule has 0 aromatic rings. The number of carbonyl (C=O) groups excluding carboxylic acids is 2. The molecule has 2 N–H and O–H groups in total. The Morgan fingerprint density at radius 1 is 1.16 bits per heavy atom. The van der Waals surface area contributed by atoms with Crippen LogP contribution in [0.3, 0.4) is 0 Å². The van der Waals surface area contributed by atoms with Crippen molar-refractivity contribution < 1.29 is 14.3 Å². The normalized spacial score (nSPS) is 15.5. The molecule has 1 aliphatic rings. The summed E-state index contributed by atoms with van der Waals surface area (Å²) in [7, 11) is 0. The second-order valence-electron chi connectivity index (χ2n) is 6.11. The molecule has 0 aromatic carbocycles. The van der Waals surface area contributed by atoms with Crippen molar-refractivity contribution in [3.8, 4) is 0 Å². The Bertz CT molecular complexity index is 306. The molecule has 2 amide bonds. The summed E-state index contributed by atoms with van der Waals surface area (Å²) in [5.74, 6) is 0.788. The molecule has 1 aliphatic carbocycles. The van der Waals surface area contributed by atoms with Gasteiger partial charge in [0.05, 0.1) is 0 Å². The second kappa shape index (κ2) is 7.36. The minimum absolute atomic E-state index is 0.0182. The van der Waals surface area contributed by atoms with Crippen LogP contribution in [0, 0.1) is 5.92 Å². The van der Waals surface area contributed by atoms with Crippen LogP contribution in [0.4, 0.5) is 4.79 Å². The van der Waals surface area contributed by atoms with Crippen LogP contribution in [0.1, 0.15) is 52.9 Å². The fraction of sp³-hybridized carbons (Fsp3) is 0.857. The predicted octanol–water partition coefficient (Wildman–Crippen LogP) is 2.21. The van der Waals surface area contributed by atoms with Gasteiger partial charge in [-0.3, -0.25) is 4.79 Å². The molecule has 0 heterocycles. The van der Waals surface area contributed by atoms with Crippen LogP contribution < -0.4 is 10.6 Å². The highest BCUT2D eigenvalue weighted by Crippen LogP contribution is 2.28. The SMILES string of the molecule is CC(C)(C)OC(=O)NCCC(=O)NCCC1CCC1. The van der Waals surface area contributed by atoms with Crippen molar-refractivity contribution in [2.45, 2.75) is 58.5 Å². The molecular weight excluding hydrogens is 244 g/mol. The van der Waals surface area contributed by atoms with Gasteiger partial charge >= 0.3 is 6.09 Å². The van der Waals surface area contributed by atoms with Gasteiger partial charge in [-0.1, -0.05) is 19.3 Å².